The fraction of sp³-hybridized carbons (Fsp3) is 0.125. The van der Waals surface area contributed by atoms with Crippen LogP contribution in [0.25, 0.3) is 11.5 Å². The first-order chi connectivity index (χ1) is 10.1. The average Bonchev–Trinajstić information content (AvgIpc) is 2.87. The maximum absolute atomic E-state index is 9.79. The summed E-state index contributed by atoms with van der Waals surface area (Å²) < 4.78 is 5.13. The Morgan fingerprint density at radius 2 is 1.76 bits per heavy atom. The molecule has 0 atom stereocenters. The van der Waals surface area contributed by atoms with Crippen LogP contribution in [0.15, 0.2) is 47.0 Å². The number of rotatable bonds is 3. The van der Waals surface area contributed by atoms with E-state index in [9.17, 15) is 10.2 Å². The number of phenolic OH excluding ortho intramolecular Hbond substituents is 2. The lowest BCUT2D eigenvalue weighted by Gasteiger charge is -2.01. The highest BCUT2D eigenvalue weighted by Gasteiger charge is 2.17. The Balaban J connectivity index is 1.90. The fourth-order valence-electron chi connectivity index (χ4n) is 2.18. The quantitative estimate of drug-likeness (QED) is 0.771. The monoisotopic (exact) mass is 282 g/mol. The van der Waals surface area contributed by atoms with Crippen LogP contribution in [-0.4, -0.2) is 20.4 Å². The van der Waals surface area contributed by atoms with Gasteiger partial charge < -0.3 is 14.7 Å². The Kier molecular flexibility index (Phi) is 3.31. The molecule has 5 heteroatoms. The van der Waals surface area contributed by atoms with Crippen LogP contribution in [0.3, 0.4) is 0 Å². The SMILES string of the molecule is Cc1cccc(Cc2noc(-c3c(O)cccc3O)n2)c1. The van der Waals surface area contributed by atoms with Gasteiger partial charge in [-0.3, -0.25) is 0 Å². The molecule has 0 unspecified atom stereocenters. The van der Waals surface area contributed by atoms with Crippen molar-refractivity contribution in [1.29, 1.82) is 0 Å². The minimum absolute atomic E-state index is 0.0965. The predicted molar refractivity (Wildman–Crippen MR) is 77.0 cm³/mol. The van der Waals surface area contributed by atoms with Crippen molar-refractivity contribution in [2.24, 2.45) is 0 Å². The summed E-state index contributed by atoms with van der Waals surface area (Å²) in [7, 11) is 0. The Hall–Kier alpha value is -2.82. The van der Waals surface area contributed by atoms with Crippen LogP contribution in [-0.2, 0) is 6.42 Å². The molecule has 0 amide bonds. The molecule has 3 rings (SSSR count). The van der Waals surface area contributed by atoms with Gasteiger partial charge in [-0.1, -0.05) is 41.1 Å². The van der Waals surface area contributed by atoms with Gasteiger partial charge in [0.2, 0.25) is 0 Å². The summed E-state index contributed by atoms with van der Waals surface area (Å²) in [6.07, 6.45) is 0.527. The Morgan fingerprint density at radius 1 is 1.05 bits per heavy atom. The van der Waals surface area contributed by atoms with Crippen LogP contribution in [0, 0.1) is 6.92 Å². The van der Waals surface area contributed by atoms with Gasteiger partial charge in [-0.2, -0.15) is 4.98 Å². The van der Waals surface area contributed by atoms with E-state index in [-0.39, 0.29) is 23.0 Å². The number of phenols is 2. The molecule has 0 saturated carbocycles. The van der Waals surface area contributed by atoms with E-state index in [4.69, 9.17) is 4.52 Å². The van der Waals surface area contributed by atoms with Crippen molar-refractivity contribution in [3.8, 4) is 23.0 Å². The molecule has 0 fully saturated rings. The van der Waals surface area contributed by atoms with Crippen LogP contribution < -0.4 is 0 Å². The summed E-state index contributed by atoms with van der Waals surface area (Å²) in [5, 5.41) is 23.5. The summed E-state index contributed by atoms with van der Waals surface area (Å²) in [6.45, 7) is 2.02. The van der Waals surface area contributed by atoms with E-state index >= 15 is 0 Å². The highest BCUT2D eigenvalue weighted by Crippen LogP contribution is 2.35. The van der Waals surface area contributed by atoms with Gasteiger partial charge >= 0.3 is 0 Å². The van der Waals surface area contributed by atoms with Gasteiger partial charge in [-0.25, -0.2) is 0 Å². The van der Waals surface area contributed by atoms with Crippen molar-refractivity contribution >= 4 is 0 Å². The molecular formula is C16H14N2O3. The molecule has 2 aromatic carbocycles. The van der Waals surface area contributed by atoms with E-state index in [1.54, 1.807) is 0 Å². The molecule has 2 N–H and O–H groups in total. The van der Waals surface area contributed by atoms with E-state index in [0.717, 1.165) is 11.1 Å². The summed E-state index contributed by atoms with van der Waals surface area (Å²) in [4.78, 5) is 4.23. The summed E-state index contributed by atoms with van der Waals surface area (Å²) in [5.74, 6) is 0.410. The smallest absolute Gasteiger partial charge is 0.265 e. The zero-order valence-corrected chi connectivity index (χ0v) is 11.4. The van der Waals surface area contributed by atoms with Crippen molar-refractivity contribution in [3.63, 3.8) is 0 Å². The van der Waals surface area contributed by atoms with Crippen molar-refractivity contribution in [2.45, 2.75) is 13.3 Å². The molecule has 106 valence electrons. The molecular weight excluding hydrogens is 268 g/mol. The first-order valence-corrected chi connectivity index (χ1v) is 6.53. The van der Waals surface area contributed by atoms with Gasteiger partial charge in [0, 0.05) is 6.42 Å². The summed E-state index contributed by atoms with van der Waals surface area (Å²) in [6, 6.07) is 12.5. The maximum atomic E-state index is 9.79. The van der Waals surface area contributed by atoms with E-state index in [2.05, 4.69) is 10.1 Å². The summed E-state index contributed by atoms with van der Waals surface area (Å²) >= 11 is 0. The van der Waals surface area contributed by atoms with Crippen molar-refractivity contribution in [3.05, 3.63) is 59.4 Å². The van der Waals surface area contributed by atoms with Crippen molar-refractivity contribution in [1.82, 2.24) is 10.1 Å². The molecule has 0 radical (unpaired) electrons. The van der Waals surface area contributed by atoms with E-state index in [0.29, 0.717) is 12.2 Å². The number of benzene rings is 2. The van der Waals surface area contributed by atoms with Crippen molar-refractivity contribution < 1.29 is 14.7 Å². The van der Waals surface area contributed by atoms with Gasteiger partial charge in [-0.05, 0) is 24.6 Å². The lowest BCUT2D eigenvalue weighted by atomic mass is 10.1. The summed E-state index contributed by atoms with van der Waals surface area (Å²) in [5.41, 5.74) is 2.39. The Bertz CT molecular complexity index is 760. The number of aromatic nitrogens is 2. The number of aryl methyl sites for hydroxylation is 1. The lowest BCUT2D eigenvalue weighted by molar-refractivity contribution is 0.410. The van der Waals surface area contributed by atoms with Crippen LogP contribution >= 0.6 is 0 Å². The largest absolute Gasteiger partial charge is 0.507 e. The second-order valence-corrected chi connectivity index (χ2v) is 4.85. The van der Waals surface area contributed by atoms with Gasteiger partial charge in [0.25, 0.3) is 5.89 Å². The highest BCUT2D eigenvalue weighted by molar-refractivity contribution is 5.69. The number of aromatic hydroxyl groups is 2. The minimum Gasteiger partial charge on any atom is -0.507 e. The van der Waals surface area contributed by atoms with Gasteiger partial charge in [-0.15, -0.1) is 0 Å². The van der Waals surface area contributed by atoms with Crippen LogP contribution in [0.4, 0.5) is 0 Å². The number of nitrogens with zero attached hydrogens (tertiary/aromatic N) is 2. The minimum atomic E-state index is -0.0965. The zero-order chi connectivity index (χ0) is 14.8. The predicted octanol–water partition coefficient (Wildman–Crippen LogP) is 3.05. The fourth-order valence-corrected chi connectivity index (χ4v) is 2.18. The third kappa shape index (κ3) is 2.72. The number of hydrogen-bond donors (Lipinski definition) is 2. The van der Waals surface area contributed by atoms with Gasteiger partial charge in [0.05, 0.1) is 0 Å². The molecule has 3 aromatic rings. The molecule has 0 bridgehead atoms. The lowest BCUT2D eigenvalue weighted by Crippen LogP contribution is -1.91. The zero-order valence-electron chi connectivity index (χ0n) is 11.4. The topological polar surface area (TPSA) is 79.4 Å². The molecule has 0 spiro atoms. The molecule has 0 aliphatic carbocycles. The maximum Gasteiger partial charge on any atom is 0.265 e. The van der Waals surface area contributed by atoms with Crippen LogP contribution in [0.1, 0.15) is 17.0 Å². The van der Waals surface area contributed by atoms with Crippen LogP contribution in [0.5, 0.6) is 11.5 Å². The molecule has 0 saturated heterocycles. The standard InChI is InChI=1S/C16H14N2O3/c1-10-4-2-5-11(8-10)9-14-17-16(21-18-14)15-12(19)6-3-7-13(15)20/h2-8,19-20H,9H2,1H3. The molecule has 0 aliphatic rings. The second-order valence-electron chi connectivity index (χ2n) is 4.85. The molecule has 0 aliphatic heterocycles. The molecule has 1 heterocycles. The van der Waals surface area contributed by atoms with E-state index in [1.807, 2.05) is 31.2 Å². The number of hydrogen-bond acceptors (Lipinski definition) is 5. The first-order valence-electron chi connectivity index (χ1n) is 6.53. The third-order valence-electron chi connectivity index (χ3n) is 3.15. The normalized spacial score (nSPS) is 10.7. The van der Waals surface area contributed by atoms with E-state index in [1.165, 1.54) is 18.2 Å². The van der Waals surface area contributed by atoms with Gasteiger partial charge in [0.15, 0.2) is 5.82 Å². The Morgan fingerprint density at radius 3 is 2.48 bits per heavy atom. The van der Waals surface area contributed by atoms with Gasteiger partial charge in [0.1, 0.15) is 17.1 Å². The third-order valence-corrected chi connectivity index (χ3v) is 3.15. The molecule has 5 nitrogen and oxygen atoms in total. The first kappa shape index (κ1) is 13.2. The highest BCUT2D eigenvalue weighted by atomic mass is 16.5. The second kappa shape index (κ2) is 5.28. The van der Waals surface area contributed by atoms with Crippen molar-refractivity contribution in [2.75, 3.05) is 0 Å². The average molecular weight is 282 g/mol. The van der Waals surface area contributed by atoms with E-state index < -0.39 is 0 Å². The van der Waals surface area contributed by atoms with Crippen LogP contribution in [0.2, 0.25) is 0 Å². The Labute approximate surface area is 121 Å². The molecule has 1 aromatic heterocycles. The molecule has 21 heavy (non-hydrogen) atoms.